The Bertz CT molecular complexity index is 2180. The van der Waals surface area contributed by atoms with E-state index in [9.17, 15) is 68.4 Å². The van der Waals surface area contributed by atoms with Crippen molar-refractivity contribution in [3.63, 3.8) is 0 Å². The number of carbonyl (C=O) groups is 10. The third kappa shape index (κ3) is 26.4. The average molecular weight is 1080 g/mol. The molecule has 0 radical (unpaired) electrons. The second-order valence-electron chi connectivity index (χ2n) is 17.3. The number of esters is 1. The highest BCUT2D eigenvalue weighted by molar-refractivity contribution is 7.80. The van der Waals surface area contributed by atoms with E-state index in [0.717, 1.165) is 6.42 Å². The molecule has 3 unspecified atom stereocenters. The van der Waals surface area contributed by atoms with Crippen LogP contribution in [0.15, 0.2) is 11.1 Å². The first-order valence-corrected chi connectivity index (χ1v) is 24.3. The molecule has 3 atom stereocenters. The number of aromatic hydroxyl groups is 2. The molecule has 0 aliphatic heterocycles. The molecule has 0 aliphatic carbocycles. The molecule has 0 fully saturated rings. The van der Waals surface area contributed by atoms with Crippen LogP contribution in [-0.2, 0) is 62.8 Å². The predicted octanol–water partition coefficient (Wildman–Crippen LogP) is -3.02. The number of nitrogens with two attached hydrogens (primary N) is 3. The summed E-state index contributed by atoms with van der Waals surface area (Å²) in [6.07, 6.45) is 1.74. The number of phenolic OH excluding ortho intramolecular Hbond substituents is 2. The van der Waals surface area contributed by atoms with E-state index >= 15 is 0 Å². The lowest BCUT2D eigenvalue weighted by Gasteiger charge is -2.29. The number of hydrogen-bond donors (Lipinski definition) is 15. The number of carboxylic acid groups (broad SMARTS) is 1. The number of nitrogens with zero attached hydrogens (tertiary/aromatic N) is 1. The number of aliphatic hydroxyl groups excluding tert-OH is 1. The van der Waals surface area contributed by atoms with Crippen LogP contribution in [0.25, 0.3) is 6.08 Å². The van der Waals surface area contributed by atoms with E-state index in [1.54, 1.807) is 27.7 Å². The number of guanidine groups is 1. The molecule has 75 heavy (non-hydrogen) atoms. The second kappa shape index (κ2) is 34.9. The minimum Gasteiger partial charge on any atom is -0.507 e. The standard InChI is InChI=1S/C46H73N11O17S/c1-26-28(11-12-33(60)50-15-19-72-16-8-20-75)39(66)27(2)38(40(26)67)46(3,4)22-37(65)73-17-7-18-74-45(71)52-14-6-10-32(59)53-23-34(61)55-29(9-5-13-51-44(48)49)42(69)54-24-35(62)56-30(21-36(63)64)43(70)57-31(25-58)41(47)68/h11-12,29-31,58,66-67,75H,5-10,13-25H2,1-4H3,(H2,47,68)(H,50,60)(H,52,71)(H,53,59)(H,54,69)(H,55,61)(H,56,62)(H,57,70)(H,63,64)(H4,48,49,51). The molecule has 1 aromatic carbocycles. The van der Waals surface area contributed by atoms with E-state index in [1.165, 1.54) is 12.2 Å². The van der Waals surface area contributed by atoms with Gasteiger partial charge in [0.15, 0.2) is 5.96 Å². The number of carbonyl (C=O) groups excluding carboxylic acids is 9. The van der Waals surface area contributed by atoms with Gasteiger partial charge in [0.1, 0.15) is 29.6 Å². The number of phenols is 2. The lowest BCUT2D eigenvalue weighted by Crippen LogP contribution is -2.56. The van der Waals surface area contributed by atoms with E-state index in [0.29, 0.717) is 35.7 Å². The highest BCUT2D eigenvalue weighted by Crippen LogP contribution is 2.44. The van der Waals surface area contributed by atoms with Gasteiger partial charge in [0.2, 0.25) is 41.4 Å². The number of nitrogens with one attached hydrogen (secondary N) is 7. The number of hydrogen-bond acceptors (Lipinski definition) is 18. The van der Waals surface area contributed by atoms with Gasteiger partial charge in [0.25, 0.3) is 0 Å². The number of alkyl carbamates (subject to hydrolysis) is 1. The molecule has 420 valence electrons. The summed E-state index contributed by atoms with van der Waals surface area (Å²) >= 11 is 4.11. The van der Waals surface area contributed by atoms with Crippen molar-refractivity contribution in [3.05, 3.63) is 28.3 Å². The Labute approximate surface area is 438 Å². The molecule has 1 aromatic rings. The first kappa shape index (κ1) is 65.6. The zero-order valence-corrected chi connectivity index (χ0v) is 43.4. The quantitative estimate of drug-likeness (QED) is 0.00605. The SMILES string of the molecule is Cc1c(O)c(C(C)(C)CC(=O)OCCCOC(=O)NCCCC(=O)NCC(=O)NC(CCCN=C(N)N)C(=O)NCC(=O)NC(CC(=O)O)C(=O)NC(CO)C(N)=O)c(C)c(O)c1C=CC(=O)NCCOCCCS. The smallest absolute Gasteiger partial charge is 0.407 e. The summed E-state index contributed by atoms with van der Waals surface area (Å²) in [5.74, 6) is -8.00. The number of carboxylic acids is 1. The second-order valence-corrected chi connectivity index (χ2v) is 17.7. The molecule has 0 aromatic heterocycles. The molecule has 17 N–H and O–H groups in total. The maximum Gasteiger partial charge on any atom is 0.407 e. The van der Waals surface area contributed by atoms with Crippen LogP contribution in [0, 0.1) is 13.8 Å². The van der Waals surface area contributed by atoms with Crippen molar-refractivity contribution in [2.45, 2.75) is 103 Å². The minimum atomic E-state index is -1.74. The van der Waals surface area contributed by atoms with Crippen LogP contribution in [0.1, 0.15) is 87.5 Å². The highest BCUT2D eigenvalue weighted by Gasteiger charge is 2.33. The van der Waals surface area contributed by atoms with Crippen molar-refractivity contribution < 1.29 is 82.6 Å². The van der Waals surface area contributed by atoms with E-state index in [-0.39, 0.29) is 94.4 Å². The summed E-state index contributed by atoms with van der Waals surface area (Å²) in [7, 11) is 0. The summed E-state index contributed by atoms with van der Waals surface area (Å²) in [5, 5.41) is 56.9. The molecule has 0 aliphatic rings. The first-order chi connectivity index (χ1) is 35.3. The van der Waals surface area contributed by atoms with Crippen molar-refractivity contribution in [3.8, 4) is 11.5 Å². The Morgan fingerprint density at radius 1 is 0.720 bits per heavy atom. The van der Waals surface area contributed by atoms with Gasteiger partial charge >= 0.3 is 18.0 Å². The first-order valence-electron chi connectivity index (χ1n) is 23.7. The maximum atomic E-state index is 13.0. The molecule has 29 heteroatoms. The van der Waals surface area contributed by atoms with Gasteiger partial charge in [-0.2, -0.15) is 12.6 Å². The van der Waals surface area contributed by atoms with Crippen molar-refractivity contribution in [1.29, 1.82) is 0 Å². The van der Waals surface area contributed by atoms with Crippen molar-refractivity contribution in [2.75, 3.05) is 71.5 Å². The summed E-state index contributed by atoms with van der Waals surface area (Å²) in [6.45, 7) is 5.26. The molecular formula is C46H73N11O17S. The Morgan fingerprint density at radius 2 is 1.37 bits per heavy atom. The van der Waals surface area contributed by atoms with Crippen LogP contribution in [0.3, 0.4) is 0 Å². The van der Waals surface area contributed by atoms with Crippen LogP contribution in [0.5, 0.6) is 11.5 Å². The van der Waals surface area contributed by atoms with E-state index in [4.69, 9.17) is 31.4 Å². The number of primary amides is 1. The predicted molar refractivity (Wildman–Crippen MR) is 273 cm³/mol. The fourth-order valence-electron chi connectivity index (χ4n) is 6.84. The third-order valence-corrected chi connectivity index (χ3v) is 10.9. The molecule has 28 nitrogen and oxygen atoms in total. The number of aliphatic hydroxyl groups is 1. The number of benzene rings is 1. The van der Waals surface area contributed by atoms with E-state index < -0.39 is 109 Å². The lowest BCUT2D eigenvalue weighted by molar-refractivity contribution is -0.145. The number of ether oxygens (including phenoxy) is 3. The monoisotopic (exact) mass is 1080 g/mol. The molecule has 1 rings (SSSR count). The van der Waals surface area contributed by atoms with Crippen LogP contribution >= 0.6 is 12.6 Å². The Balaban J connectivity index is 2.57. The van der Waals surface area contributed by atoms with Gasteiger partial charge in [-0.05, 0) is 56.9 Å². The normalized spacial score (nSPS) is 12.2. The Morgan fingerprint density at radius 3 is 2.00 bits per heavy atom. The minimum absolute atomic E-state index is 0.00751. The molecule has 0 heterocycles. The average Bonchev–Trinajstić information content (AvgIpc) is 3.33. The number of thiol groups is 1. The van der Waals surface area contributed by atoms with Crippen LogP contribution in [0.4, 0.5) is 4.79 Å². The van der Waals surface area contributed by atoms with Crippen molar-refractivity contribution >= 4 is 84.0 Å². The molecule has 8 amide bonds. The summed E-state index contributed by atoms with van der Waals surface area (Å²) in [6, 6.07) is -4.60. The zero-order valence-electron chi connectivity index (χ0n) is 42.5. The van der Waals surface area contributed by atoms with Crippen LogP contribution < -0.4 is 54.4 Å². The van der Waals surface area contributed by atoms with Gasteiger partial charge < -0.3 is 89.1 Å². The largest absolute Gasteiger partial charge is 0.507 e. The molecule has 0 saturated carbocycles. The van der Waals surface area contributed by atoms with E-state index in [1.807, 2.05) is 5.32 Å². The topological polar surface area (TPSA) is 454 Å². The molecule has 0 bridgehead atoms. The lowest BCUT2D eigenvalue weighted by atomic mass is 9.76. The molecule has 0 spiro atoms. The molecular weight excluding hydrogens is 1010 g/mol. The van der Waals surface area contributed by atoms with Gasteiger partial charge in [-0.25, -0.2) is 4.79 Å². The van der Waals surface area contributed by atoms with Crippen LogP contribution in [0.2, 0.25) is 0 Å². The fraction of sp³-hybridized carbons (Fsp3) is 0.587. The summed E-state index contributed by atoms with van der Waals surface area (Å²) in [5.41, 5.74) is 15.9. The van der Waals surface area contributed by atoms with Gasteiger partial charge in [0.05, 0.1) is 52.4 Å². The Hall–Kier alpha value is -7.40. The third-order valence-electron chi connectivity index (χ3n) is 10.6. The van der Waals surface area contributed by atoms with Crippen molar-refractivity contribution in [2.24, 2.45) is 22.2 Å². The van der Waals surface area contributed by atoms with Gasteiger partial charge in [-0.1, -0.05) is 13.8 Å². The summed E-state index contributed by atoms with van der Waals surface area (Å²) < 4.78 is 15.8. The van der Waals surface area contributed by atoms with Crippen molar-refractivity contribution in [1.82, 2.24) is 37.2 Å². The Kier molecular flexibility index (Phi) is 30.5. The van der Waals surface area contributed by atoms with E-state index in [2.05, 4.69) is 49.5 Å². The molecule has 0 saturated heterocycles. The zero-order chi connectivity index (χ0) is 56.7. The van der Waals surface area contributed by atoms with Gasteiger partial charge in [0, 0.05) is 67.3 Å². The number of aliphatic carboxylic acids is 1. The van der Waals surface area contributed by atoms with Gasteiger partial charge in [-0.15, -0.1) is 0 Å². The van der Waals surface area contributed by atoms with Crippen LogP contribution in [-0.4, -0.2) is 175 Å². The number of amides is 8. The highest BCUT2D eigenvalue weighted by atomic mass is 32.1. The van der Waals surface area contributed by atoms with Gasteiger partial charge in [-0.3, -0.25) is 48.1 Å². The number of rotatable bonds is 36. The fourth-order valence-corrected chi connectivity index (χ4v) is 6.97. The number of aliphatic imine (C=N–C) groups is 1. The maximum absolute atomic E-state index is 13.0. The summed E-state index contributed by atoms with van der Waals surface area (Å²) in [4.78, 5) is 127.